The van der Waals surface area contributed by atoms with Gasteiger partial charge in [-0.2, -0.15) is 0 Å². The first-order chi connectivity index (χ1) is 3.25. The first-order valence-corrected chi connectivity index (χ1v) is 3.04. The van der Waals surface area contributed by atoms with Gasteiger partial charge < -0.3 is 5.11 Å². The zero-order valence-electron chi connectivity index (χ0n) is 5.83. The number of rotatable bonds is 0. The van der Waals surface area contributed by atoms with Crippen molar-refractivity contribution in [1.29, 1.82) is 0 Å². The van der Waals surface area contributed by atoms with Gasteiger partial charge in [0.2, 0.25) is 0 Å². The van der Waals surface area contributed by atoms with Crippen LogP contribution in [0.3, 0.4) is 0 Å². The molecule has 0 aromatic heterocycles. The van der Waals surface area contributed by atoms with Gasteiger partial charge in [0.15, 0.2) is 0 Å². The Morgan fingerprint density at radius 1 is 1.12 bits per heavy atom. The zero-order chi connectivity index (χ0) is 7.00. The summed E-state index contributed by atoms with van der Waals surface area (Å²) in [5, 5.41) is 8.03. The summed E-state index contributed by atoms with van der Waals surface area (Å²) in [5.41, 5.74) is -0.242. The van der Waals surface area contributed by atoms with Gasteiger partial charge in [-0.25, -0.2) is 0 Å². The normalized spacial score (nSPS) is 20.2. The summed E-state index contributed by atoms with van der Waals surface area (Å²) in [6.07, 6.45) is 0. The molecule has 0 aromatic carbocycles. The quantitative estimate of drug-likeness (QED) is 0.505. The highest BCUT2D eigenvalue weighted by Gasteiger charge is 2.32. The van der Waals surface area contributed by atoms with Gasteiger partial charge >= 0.3 is 0 Å². The number of hydrogen-bond donors (Lipinski definition) is 1. The Bertz CT molecular complexity index is 63.5. The molecule has 0 aliphatic carbocycles. The van der Waals surface area contributed by atoms with Gasteiger partial charge in [0, 0.05) is 5.41 Å². The highest BCUT2D eigenvalue weighted by Crippen LogP contribution is 2.32. The SMILES string of the molecule is CC(C)(C)C(C)(O)Cl. The summed E-state index contributed by atoms with van der Waals surface area (Å²) in [4.78, 5) is 0. The van der Waals surface area contributed by atoms with Crippen LogP contribution in [0.5, 0.6) is 0 Å². The largest absolute Gasteiger partial charge is 0.375 e. The Balaban J connectivity index is 4.02. The van der Waals surface area contributed by atoms with Crippen LogP contribution in [-0.4, -0.2) is 10.2 Å². The predicted molar refractivity (Wildman–Crippen MR) is 35.9 cm³/mol. The van der Waals surface area contributed by atoms with Crippen molar-refractivity contribution in [2.75, 3.05) is 0 Å². The molecule has 8 heavy (non-hydrogen) atoms. The Labute approximate surface area is 55.7 Å². The average Bonchev–Trinajstić information content (AvgIpc) is 1.25. The highest BCUT2D eigenvalue weighted by atomic mass is 35.5. The molecule has 1 nitrogen and oxygen atoms in total. The van der Waals surface area contributed by atoms with Gasteiger partial charge in [0.05, 0.1) is 0 Å². The van der Waals surface area contributed by atoms with Crippen LogP contribution >= 0.6 is 11.6 Å². The number of aliphatic hydroxyl groups is 1. The molecule has 0 saturated carbocycles. The van der Waals surface area contributed by atoms with Crippen LogP contribution in [0, 0.1) is 5.41 Å². The van der Waals surface area contributed by atoms with E-state index in [1.54, 1.807) is 6.92 Å². The molecule has 0 bridgehead atoms. The summed E-state index contributed by atoms with van der Waals surface area (Å²) in [6.45, 7) is 7.26. The Morgan fingerprint density at radius 2 is 1.25 bits per heavy atom. The van der Waals surface area contributed by atoms with Gasteiger partial charge in [-0.05, 0) is 6.92 Å². The second-order valence-corrected chi connectivity index (χ2v) is 3.94. The van der Waals surface area contributed by atoms with E-state index in [4.69, 9.17) is 16.7 Å². The molecular weight excluding hydrogens is 124 g/mol. The zero-order valence-corrected chi connectivity index (χ0v) is 6.58. The fourth-order valence-corrected chi connectivity index (χ4v) is 0. The Morgan fingerprint density at radius 3 is 1.25 bits per heavy atom. The maximum atomic E-state index is 9.12. The van der Waals surface area contributed by atoms with Crippen molar-refractivity contribution in [3.8, 4) is 0 Å². The van der Waals surface area contributed by atoms with Crippen LogP contribution in [0.1, 0.15) is 27.7 Å². The average molecular weight is 137 g/mol. The van der Waals surface area contributed by atoms with Crippen molar-refractivity contribution in [2.45, 2.75) is 32.8 Å². The second-order valence-electron chi connectivity index (χ2n) is 3.20. The van der Waals surface area contributed by atoms with Crippen LogP contribution < -0.4 is 0 Å². The van der Waals surface area contributed by atoms with Gasteiger partial charge in [-0.15, -0.1) is 0 Å². The lowest BCUT2D eigenvalue weighted by molar-refractivity contribution is 0.0374. The Hall–Kier alpha value is 0.250. The topological polar surface area (TPSA) is 20.2 Å². The van der Waals surface area contributed by atoms with Crippen molar-refractivity contribution < 1.29 is 5.11 Å². The van der Waals surface area contributed by atoms with E-state index in [9.17, 15) is 0 Å². The summed E-state index contributed by atoms with van der Waals surface area (Å²) in [7, 11) is 0. The Kier molecular flexibility index (Phi) is 1.95. The van der Waals surface area contributed by atoms with Gasteiger partial charge in [0.1, 0.15) is 5.06 Å². The minimum Gasteiger partial charge on any atom is -0.375 e. The summed E-state index contributed by atoms with van der Waals surface area (Å²) < 4.78 is 0. The predicted octanol–water partition coefficient (Wildman–Crippen LogP) is 1.98. The lowest BCUT2D eigenvalue weighted by Gasteiger charge is -2.30. The van der Waals surface area contributed by atoms with E-state index in [0.717, 1.165) is 0 Å². The second kappa shape index (κ2) is 1.89. The van der Waals surface area contributed by atoms with Crippen LogP contribution in [0.15, 0.2) is 0 Å². The molecule has 1 atom stereocenters. The van der Waals surface area contributed by atoms with Crippen LogP contribution in [0.25, 0.3) is 0 Å². The lowest BCUT2D eigenvalue weighted by atomic mass is 9.90. The molecule has 0 spiro atoms. The fraction of sp³-hybridized carbons (Fsp3) is 1.00. The molecule has 50 valence electrons. The molecule has 2 heteroatoms. The van der Waals surface area contributed by atoms with Gasteiger partial charge in [0.25, 0.3) is 0 Å². The van der Waals surface area contributed by atoms with Crippen molar-refractivity contribution in [3.63, 3.8) is 0 Å². The molecule has 0 saturated heterocycles. The first kappa shape index (κ1) is 8.25. The maximum absolute atomic E-state index is 9.12. The third kappa shape index (κ3) is 2.01. The molecule has 0 aliphatic rings. The third-order valence-corrected chi connectivity index (χ3v) is 1.94. The number of alkyl halides is 1. The molecule has 1 unspecified atom stereocenters. The molecule has 0 fully saturated rings. The standard InChI is InChI=1S/C6H13ClO/c1-5(2,3)6(4,7)8/h8H,1-4H3. The minimum atomic E-state index is -1.09. The third-order valence-electron chi connectivity index (χ3n) is 1.37. The van der Waals surface area contributed by atoms with Gasteiger partial charge in [-0.1, -0.05) is 32.4 Å². The molecule has 0 aromatic rings. The van der Waals surface area contributed by atoms with Crippen molar-refractivity contribution in [3.05, 3.63) is 0 Å². The monoisotopic (exact) mass is 136 g/mol. The summed E-state index contributed by atoms with van der Waals surface area (Å²) in [6, 6.07) is 0. The number of hydrogen-bond acceptors (Lipinski definition) is 1. The first-order valence-electron chi connectivity index (χ1n) is 2.66. The molecular formula is C6H13ClO. The van der Waals surface area contributed by atoms with Crippen LogP contribution in [0.2, 0.25) is 0 Å². The molecule has 0 aliphatic heterocycles. The van der Waals surface area contributed by atoms with Crippen LogP contribution in [-0.2, 0) is 0 Å². The van der Waals surface area contributed by atoms with E-state index in [1.165, 1.54) is 0 Å². The van der Waals surface area contributed by atoms with E-state index in [0.29, 0.717) is 0 Å². The van der Waals surface area contributed by atoms with E-state index >= 15 is 0 Å². The summed E-state index contributed by atoms with van der Waals surface area (Å²) in [5.74, 6) is 0. The van der Waals surface area contributed by atoms with E-state index in [-0.39, 0.29) is 5.41 Å². The number of halogens is 1. The van der Waals surface area contributed by atoms with Crippen molar-refractivity contribution >= 4 is 11.6 Å². The van der Waals surface area contributed by atoms with Gasteiger partial charge in [-0.3, -0.25) is 0 Å². The highest BCUT2D eigenvalue weighted by molar-refractivity contribution is 6.22. The van der Waals surface area contributed by atoms with Crippen LogP contribution in [0.4, 0.5) is 0 Å². The molecule has 0 rings (SSSR count). The van der Waals surface area contributed by atoms with Crippen molar-refractivity contribution in [1.82, 2.24) is 0 Å². The smallest absolute Gasteiger partial charge is 0.140 e. The summed E-state index contributed by atoms with van der Waals surface area (Å²) >= 11 is 5.56. The molecule has 0 radical (unpaired) electrons. The van der Waals surface area contributed by atoms with Crippen molar-refractivity contribution in [2.24, 2.45) is 5.41 Å². The maximum Gasteiger partial charge on any atom is 0.140 e. The van der Waals surface area contributed by atoms with E-state index in [1.807, 2.05) is 20.8 Å². The molecule has 0 heterocycles. The van der Waals surface area contributed by atoms with E-state index in [2.05, 4.69) is 0 Å². The van der Waals surface area contributed by atoms with E-state index < -0.39 is 5.06 Å². The minimum absolute atomic E-state index is 0.242. The molecule has 1 N–H and O–H groups in total. The molecule has 0 amide bonds. The fourth-order valence-electron chi connectivity index (χ4n) is 0. The lowest BCUT2D eigenvalue weighted by Crippen LogP contribution is -2.33.